The van der Waals surface area contributed by atoms with Crippen LogP contribution in [0, 0.1) is 11.6 Å². The predicted molar refractivity (Wildman–Crippen MR) is 87.7 cm³/mol. The van der Waals surface area contributed by atoms with Gasteiger partial charge >= 0.3 is 0 Å². The average Bonchev–Trinajstić information content (AvgIpc) is 2.57. The summed E-state index contributed by atoms with van der Waals surface area (Å²) in [7, 11) is 0. The third-order valence-corrected chi connectivity index (χ3v) is 3.55. The number of benzene rings is 1. The van der Waals surface area contributed by atoms with Crippen molar-refractivity contribution in [3.8, 4) is 0 Å². The number of aliphatic hydroxyl groups excluding tert-OH is 1. The maximum absolute atomic E-state index is 13.3. The molecule has 0 spiro atoms. The van der Waals surface area contributed by atoms with Crippen LogP contribution in [0.3, 0.4) is 0 Å². The summed E-state index contributed by atoms with van der Waals surface area (Å²) in [6.45, 7) is 1.71. The Morgan fingerprint density at radius 1 is 1.40 bits per heavy atom. The third-order valence-electron chi connectivity index (χ3n) is 3.55. The molecule has 1 amide bonds. The number of carbonyl (C=O) groups excluding carboxylic acids is 1. The highest BCUT2D eigenvalue weighted by atomic mass is 19.2. The van der Waals surface area contributed by atoms with E-state index in [1.807, 2.05) is 0 Å². The van der Waals surface area contributed by atoms with Crippen molar-refractivity contribution in [3.63, 3.8) is 0 Å². The molecule has 0 aliphatic carbocycles. The van der Waals surface area contributed by atoms with Gasteiger partial charge in [-0.15, -0.1) is 0 Å². The molecule has 4 N–H and O–H groups in total. The molecule has 0 aliphatic rings. The number of hydrogen-bond acceptors (Lipinski definition) is 5. The zero-order valence-corrected chi connectivity index (χ0v) is 13.4. The molecule has 0 aliphatic heterocycles. The van der Waals surface area contributed by atoms with Crippen LogP contribution >= 0.6 is 0 Å². The zero-order chi connectivity index (χ0) is 18.6. The van der Waals surface area contributed by atoms with E-state index in [0.29, 0.717) is 0 Å². The van der Waals surface area contributed by atoms with Gasteiger partial charge in [0.2, 0.25) is 5.91 Å². The maximum atomic E-state index is 13.3. The lowest BCUT2D eigenvalue weighted by Crippen LogP contribution is -2.47. The van der Waals surface area contributed by atoms with Gasteiger partial charge in [-0.25, -0.2) is 13.8 Å². The molecular weight excluding hydrogens is 334 g/mol. The minimum atomic E-state index is -1.11. The van der Waals surface area contributed by atoms with Crippen molar-refractivity contribution in [2.75, 3.05) is 6.54 Å². The van der Waals surface area contributed by atoms with E-state index in [2.05, 4.69) is 10.3 Å². The van der Waals surface area contributed by atoms with Crippen molar-refractivity contribution in [3.05, 3.63) is 52.6 Å². The van der Waals surface area contributed by atoms with E-state index in [0.717, 1.165) is 12.1 Å². The summed E-state index contributed by atoms with van der Waals surface area (Å²) in [6.07, 6.45) is 3.46. The zero-order valence-electron chi connectivity index (χ0n) is 13.4. The van der Waals surface area contributed by atoms with E-state index >= 15 is 0 Å². The van der Waals surface area contributed by atoms with Gasteiger partial charge in [0.15, 0.2) is 11.6 Å². The lowest BCUT2D eigenvalue weighted by molar-refractivity contribution is -0.124. The molecule has 2 aromatic rings. The highest BCUT2D eigenvalue weighted by molar-refractivity contribution is 5.82. The van der Waals surface area contributed by atoms with Gasteiger partial charge in [0.1, 0.15) is 6.04 Å². The van der Waals surface area contributed by atoms with Crippen LogP contribution in [0.2, 0.25) is 0 Å². The van der Waals surface area contributed by atoms with E-state index < -0.39 is 35.2 Å². The Morgan fingerprint density at radius 3 is 2.76 bits per heavy atom. The molecule has 1 aromatic carbocycles. The number of carbonyl (C=O) groups is 1. The van der Waals surface area contributed by atoms with Gasteiger partial charge in [-0.1, -0.05) is 12.2 Å². The molecule has 0 saturated carbocycles. The summed E-state index contributed by atoms with van der Waals surface area (Å²) in [5.74, 6) is -2.68. The number of halogens is 2. The highest BCUT2D eigenvalue weighted by Crippen LogP contribution is 2.12. The lowest BCUT2D eigenvalue weighted by Gasteiger charge is -2.13. The van der Waals surface area contributed by atoms with Crippen molar-refractivity contribution in [1.82, 2.24) is 14.9 Å². The fourth-order valence-corrected chi connectivity index (χ4v) is 2.05. The summed E-state index contributed by atoms with van der Waals surface area (Å²) in [6, 6.07) is 0.668. The molecule has 7 nitrogen and oxygen atoms in total. The second-order valence-electron chi connectivity index (χ2n) is 5.47. The largest absolute Gasteiger partial charge is 0.391 e. The summed E-state index contributed by atoms with van der Waals surface area (Å²) in [4.78, 5) is 27.7. The maximum Gasteiger partial charge on any atom is 0.261 e. The van der Waals surface area contributed by atoms with E-state index in [1.54, 1.807) is 12.2 Å². The molecule has 25 heavy (non-hydrogen) atoms. The topological polar surface area (TPSA) is 110 Å². The van der Waals surface area contributed by atoms with E-state index in [9.17, 15) is 23.5 Å². The molecule has 134 valence electrons. The van der Waals surface area contributed by atoms with Gasteiger partial charge in [0.05, 0.1) is 23.3 Å². The van der Waals surface area contributed by atoms with Gasteiger partial charge in [-0.3, -0.25) is 14.2 Å². The quantitative estimate of drug-likeness (QED) is 0.637. The normalized spacial score (nSPS) is 14.0. The van der Waals surface area contributed by atoms with Gasteiger partial charge in [-0.2, -0.15) is 0 Å². The summed E-state index contributed by atoms with van der Waals surface area (Å²) < 4.78 is 27.6. The third kappa shape index (κ3) is 4.46. The number of nitrogens with zero attached hydrogens (tertiary/aromatic N) is 2. The Balaban J connectivity index is 2.02. The van der Waals surface area contributed by atoms with Crippen LogP contribution in [0.5, 0.6) is 0 Å². The van der Waals surface area contributed by atoms with Crippen molar-refractivity contribution < 1.29 is 18.7 Å². The van der Waals surface area contributed by atoms with E-state index in [1.165, 1.54) is 17.8 Å². The van der Waals surface area contributed by atoms with E-state index in [4.69, 9.17) is 5.73 Å². The first-order valence-corrected chi connectivity index (χ1v) is 7.52. The van der Waals surface area contributed by atoms with Crippen LogP contribution in [0.1, 0.15) is 6.92 Å². The first-order chi connectivity index (χ1) is 11.8. The minimum absolute atomic E-state index is 0.0222. The molecule has 9 heteroatoms. The minimum Gasteiger partial charge on any atom is -0.391 e. The van der Waals surface area contributed by atoms with Crippen molar-refractivity contribution in [1.29, 1.82) is 0 Å². The Bertz CT molecular complexity index is 864. The van der Waals surface area contributed by atoms with Crippen molar-refractivity contribution >= 4 is 16.8 Å². The number of nitrogens with one attached hydrogen (secondary N) is 1. The van der Waals surface area contributed by atoms with Crippen LogP contribution in [0.15, 0.2) is 35.4 Å². The molecule has 0 fully saturated rings. The Labute approximate surface area is 141 Å². The van der Waals surface area contributed by atoms with Gasteiger partial charge < -0.3 is 16.2 Å². The van der Waals surface area contributed by atoms with Crippen molar-refractivity contribution in [2.45, 2.75) is 25.6 Å². The molecule has 2 atom stereocenters. The Morgan fingerprint density at radius 2 is 2.08 bits per heavy atom. The molecule has 1 heterocycles. The number of aromatic nitrogens is 2. The smallest absolute Gasteiger partial charge is 0.261 e. The van der Waals surface area contributed by atoms with Crippen LogP contribution in [-0.2, 0) is 11.3 Å². The molecule has 0 unspecified atom stereocenters. The number of hydrogen-bond donors (Lipinski definition) is 3. The molecule has 0 radical (unpaired) electrons. The monoisotopic (exact) mass is 352 g/mol. The lowest BCUT2D eigenvalue weighted by atomic mass is 10.2. The van der Waals surface area contributed by atoms with Crippen molar-refractivity contribution in [2.24, 2.45) is 5.73 Å². The molecular formula is C16H18F2N4O3. The Kier molecular flexibility index (Phi) is 5.94. The number of nitrogens with two attached hydrogens (primary N) is 1. The first kappa shape index (κ1) is 18.7. The van der Waals surface area contributed by atoms with Gasteiger partial charge in [-0.05, 0) is 13.0 Å². The molecule has 1 aromatic heterocycles. The number of aliphatic hydroxyl groups is 1. The SMILES string of the molecule is C[C@@H](O)[C@H](N)C(=O)NC/C=C/Cn1cnc2cc(F)c(F)cc2c1=O. The van der Waals surface area contributed by atoms with Gasteiger partial charge in [0, 0.05) is 19.2 Å². The molecule has 0 saturated heterocycles. The van der Waals surface area contributed by atoms with Crippen LogP contribution < -0.4 is 16.6 Å². The fourth-order valence-electron chi connectivity index (χ4n) is 2.05. The van der Waals surface area contributed by atoms with Crippen LogP contribution in [0.25, 0.3) is 10.9 Å². The second kappa shape index (κ2) is 7.95. The predicted octanol–water partition coefficient (Wildman–Crippen LogP) is 0.0552. The number of allylic oxidation sites excluding steroid dienone is 1. The number of rotatable bonds is 6. The summed E-state index contributed by atoms with van der Waals surface area (Å²) >= 11 is 0. The standard InChI is InChI=1S/C16H18F2N4O3/c1-9(23)14(19)15(24)20-4-2-3-5-22-8-21-13-7-12(18)11(17)6-10(13)16(22)25/h2-3,6-9,14,23H,4-5,19H2,1H3,(H,20,24)/b3-2+/t9-,14+/m1/s1. The summed E-state index contributed by atoms with van der Waals surface area (Å²) in [5, 5.41) is 11.7. The summed E-state index contributed by atoms with van der Waals surface area (Å²) in [5.41, 5.74) is 5.03. The highest BCUT2D eigenvalue weighted by Gasteiger charge is 2.17. The fraction of sp³-hybridized carbons (Fsp3) is 0.312. The number of fused-ring (bicyclic) bond motifs is 1. The van der Waals surface area contributed by atoms with Gasteiger partial charge in [0.25, 0.3) is 5.56 Å². The van der Waals surface area contributed by atoms with Crippen LogP contribution in [0.4, 0.5) is 8.78 Å². The second-order valence-corrected chi connectivity index (χ2v) is 5.47. The molecule has 2 rings (SSSR count). The average molecular weight is 352 g/mol. The van der Waals surface area contributed by atoms with Crippen LogP contribution in [-0.4, -0.2) is 39.3 Å². The van der Waals surface area contributed by atoms with E-state index in [-0.39, 0.29) is 24.0 Å². The number of amides is 1. The first-order valence-electron chi connectivity index (χ1n) is 7.52. The Hall–Kier alpha value is -2.65. The molecule has 0 bridgehead atoms.